The van der Waals surface area contributed by atoms with Gasteiger partial charge in [-0.3, -0.25) is 0 Å². The van der Waals surface area contributed by atoms with Gasteiger partial charge in [-0.15, -0.1) is 11.6 Å². The van der Waals surface area contributed by atoms with Gasteiger partial charge in [0.1, 0.15) is 5.52 Å². The summed E-state index contributed by atoms with van der Waals surface area (Å²) in [5.74, 6) is 0.109. The molecule has 194 valence electrons. The van der Waals surface area contributed by atoms with E-state index >= 15 is 0 Å². The Morgan fingerprint density at radius 1 is 1.11 bits per heavy atom. The van der Waals surface area contributed by atoms with Crippen LogP contribution in [0, 0.1) is 17.3 Å². The van der Waals surface area contributed by atoms with Crippen LogP contribution in [0.15, 0.2) is 28.7 Å². The molecule has 2 aliphatic heterocycles. The van der Waals surface area contributed by atoms with E-state index in [1.165, 1.54) is 5.57 Å². The van der Waals surface area contributed by atoms with Crippen molar-refractivity contribution in [2.75, 3.05) is 19.8 Å². The third-order valence-corrected chi connectivity index (χ3v) is 11.6. The number of nitrogen functional groups attached to an aromatic ring is 1. The first-order chi connectivity index (χ1) is 17.0. The number of ether oxygens (including phenoxy) is 1. The van der Waals surface area contributed by atoms with Gasteiger partial charge in [0.2, 0.25) is 0 Å². The first-order valence-electron chi connectivity index (χ1n) is 13.3. The molecule has 36 heavy (non-hydrogen) atoms. The lowest BCUT2D eigenvalue weighted by Crippen LogP contribution is -2.72. The molecule has 4 N–H and O–H groups in total. The summed E-state index contributed by atoms with van der Waals surface area (Å²) in [7, 11) is 3.95. The third kappa shape index (κ3) is 2.76. The summed E-state index contributed by atoms with van der Waals surface area (Å²) in [6.07, 6.45) is 6.65. The van der Waals surface area contributed by atoms with E-state index in [9.17, 15) is 10.2 Å². The lowest BCUT2D eigenvalue weighted by atomic mass is 9.52. The minimum absolute atomic E-state index is 0.0796. The van der Waals surface area contributed by atoms with E-state index in [-0.39, 0.29) is 29.3 Å². The number of alkyl halides is 1. The summed E-state index contributed by atoms with van der Waals surface area (Å²) in [5, 5.41) is 22.2. The highest BCUT2D eigenvalue weighted by atomic mass is 35.5. The second-order valence-electron chi connectivity index (χ2n) is 12.6. The van der Waals surface area contributed by atoms with Gasteiger partial charge in [-0.25, -0.2) is 0 Å². The number of aliphatic hydroxyl groups is 2. The minimum Gasteiger partial charge on any atom is -0.424 e. The highest BCUT2D eigenvalue weighted by Gasteiger charge is 2.76. The molecule has 9 unspecified atom stereocenters. The van der Waals surface area contributed by atoms with Crippen LogP contribution < -0.4 is 5.73 Å². The highest BCUT2D eigenvalue weighted by molar-refractivity contribution is 6.25. The number of oxazole rings is 1. The van der Waals surface area contributed by atoms with Crippen molar-refractivity contribution in [1.29, 1.82) is 0 Å². The van der Waals surface area contributed by atoms with Crippen molar-refractivity contribution in [3.63, 3.8) is 0 Å². The minimum atomic E-state index is -0.829. The zero-order valence-electron chi connectivity index (χ0n) is 21.2. The largest absolute Gasteiger partial charge is 0.424 e. The summed E-state index contributed by atoms with van der Waals surface area (Å²) in [4.78, 5) is 5.74. The molecule has 0 radical (unpaired) electrons. The molecular weight excluding hydrogens is 478 g/mol. The summed E-state index contributed by atoms with van der Waals surface area (Å²) < 4.78 is 12.9. The molecule has 7 rings (SSSR count). The van der Waals surface area contributed by atoms with Gasteiger partial charge in [0.15, 0.2) is 5.58 Å². The number of hydrogen-bond donors (Lipinski definition) is 3. The van der Waals surface area contributed by atoms with Gasteiger partial charge in [0.25, 0.3) is 6.01 Å². The number of aromatic nitrogens is 1. The van der Waals surface area contributed by atoms with Crippen molar-refractivity contribution >= 4 is 34.3 Å². The Balaban J connectivity index is 1.27. The Bertz CT molecular complexity index is 1280. The number of allylic oxidation sites excluding steroid dienone is 2. The van der Waals surface area contributed by atoms with E-state index in [1.54, 1.807) is 0 Å². The molecule has 7 nitrogen and oxygen atoms in total. The number of benzene rings is 1. The summed E-state index contributed by atoms with van der Waals surface area (Å²) in [6, 6.07) is 6.22. The van der Waals surface area contributed by atoms with Crippen LogP contribution in [0.25, 0.3) is 16.7 Å². The molecule has 1 aromatic heterocycles. The van der Waals surface area contributed by atoms with E-state index in [0.717, 1.165) is 49.6 Å². The molecule has 8 heteroatoms. The van der Waals surface area contributed by atoms with Crippen LogP contribution in [-0.4, -0.2) is 68.5 Å². The fourth-order valence-corrected chi connectivity index (χ4v) is 9.64. The molecule has 3 heterocycles. The van der Waals surface area contributed by atoms with Crippen molar-refractivity contribution in [2.45, 2.75) is 86.2 Å². The molecule has 2 bridgehead atoms. The number of fused-ring (bicyclic) bond motifs is 2. The first-order valence-corrected chi connectivity index (χ1v) is 13.7. The van der Waals surface area contributed by atoms with Crippen LogP contribution in [0.5, 0.6) is 0 Å². The smallest absolute Gasteiger partial charge is 0.292 e. The zero-order valence-corrected chi connectivity index (χ0v) is 22.0. The van der Waals surface area contributed by atoms with E-state index in [0.29, 0.717) is 12.0 Å². The van der Waals surface area contributed by atoms with E-state index in [1.807, 2.05) is 25.1 Å². The standard InChI is InChI=1S/C28H36ClN3O4/c1-25-8-10-27(29)13-17-22(33)23(34)19(32(2)3)14-26(17)9-11-28(27,36-26)21(25)7-5-16(25)15-4-6-18-20(12-15)35-24(30)31-18/h4-6,12,17,19,21-23,33-34H,7-11,13-14H2,1-3H3,(H2,30,31). The lowest BCUT2D eigenvalue weighted by molar-refractivity contribution is -0.276. The number of halogens is 1. The number of anilines is 1. The molecule has 5 aliphatic rings. The van der Waals surface area contributed by atoms with E-state index < -0.39 is 28.3 Å². The van der Waals surface area contributed by atoms with Gasteiger partial charge in [0.05, 0.1) is 28.3 Å². The van der Waals surface area contributed by atoms with Crippen LogP contribution in [0.3, 0.4) is 0 Å². The Morgan fingerprint density at radius 3 is 2.69 bits per heavy atom. The predicted octanol–water partition coefficient (Wildman–Crippen LogP) is 3.95. The molecule has 3 aliphatic carbocycles. The van der Waals surface area contributed by atoms with Crippen molar-refractivity contribution in [3.8, 4) is 0 Å². The van der Waals surface area contributed by atoms with Gasteiger partial charge in [-0.1, -0.05) is 19.1 Å². The fraction of sp³-hybridized carbons (Fsp3) is 0.679. The Kier molecular flexibility index (Phi) is 4.74. The van der Waals surface area contributed by atoms with Crippen molar-refractivity contribution in [2.24, 2.45) is 17.3 Å². The van der Waals surface area contributed by atoms with Crippen LogP contribution in [0.1, 0.15) is 57.4 Å². The maximum Gasteiger partial charge on any atom is 0.292 e. The number of hydrogen-bond acceptors (Lipinski definition) is 7. The van der Waals surface area contributed by atoms with Gasteiger partial charge < -0.3 is 30.0 Å². The quantitative estimate of drug-likeness (QED) is 0.522. The maximum absolute atomic E-state index is 11.3. The van der Waals surface area contributed by atoms with Crippen LogP contribution in [-0.2, 0) is 4.74 Å². The molecule has 4 fully saturated rings. The molecule has 2 saturated heterocycles. The predicted molar refractivity (Wildman–Crippen MR) is 138 cm³/mol. The van der Waals surface area contributed by atoms with Gasteiger partial charge in [-0.2, -0.15) is 4.98 Å². The second-order valence-corrected chi connectivity index (χ2v) is 13.3. The molecule has 2 saturated carbocycles. The number of likely N-dealkylation sites (N-methyl/N-ethyl adjacent to an activating group) is 1. The van der Waals surface area contributed by atoms with Crippen LogP contribution in [0.4, 0.5) is 6.01 Å². The Labute approximate surface area is 216 Å². The van der Waals surface area contributed by atoms with E-state index in [4.69, 9.17) is 26.5 Å². The maximum atomic E-state index is 11.3. The zero-order chi connectivity index (χ0) is 25.3. The average molecular weight is 514 g/mol. The highest BCUT2D eigenvalue weighted by Crippen LogP contribution is 2.73. The SMILES string of the molecule is CN(C)C1CC23CCC4(O2)C2CC=C(c5ccc6nc(N)oc6c5)C2(C)CCC4(Cl)CC3C(O)C1O. The van der Waals surface area contributed by atoms with Crippen molar-refractivity contribution in [3.05, 3.63) is 29.8 Å². The van der Waals surface area contributed by atoms with Crippen molar-refractivity contribution in [1.82, 2.24) is 9.88 Å². The van der Waals surface area contributed by atoms with Crippen LogP contribution in [0.2, 0.25) is 0 Å². The summed E-state index contributed by atoms with van der Waals surface area (Å²) in [6.45, 7) is 2.38. The van der Waals surface area contributed by atoms with Crippen LogP contribution >= 0.6 is 11.6 Å². The second kappa shape index (κ2) is 7.26. The monoisotopic (exact) mass is 513 g/mol. The molecule has 9 atom stereocenters. The summed E-state index contributed by atoms with van der Waals surface area (Å²) >= 11 is 7.60. The lowest BCUT2D eigenvalue weighted by Gasteiger charge is -2.65. The summed E-state index contributed by atoms with van der Waals surface area (Å²) in [5.41, 5.74) is 8.78. The average Bonchev–Trinajstić information content (AvgIpc) is 3.49. The van der Waals surface area contributed by atoms with E-state index in [2.05, 4.69) is 30.1 Å². The van der Waals surface area contributed by atoms with Gasteiger partial charge >= 0.3 is 0 Å². The molecule has 2 aromatic rings. The Hall–Kier alpha value is -1.64. The topological polar surface area (TPSA) is 105 Å². The Morgan fingerprint density at radius 2 is 1.92 bits per heavy atom. The molecule has 1 aromatic carbocycles. The van der Waals surface area contributed by atoms with Gasteiger partial charge in [-0.05, 0) is 87.7 Å². The van der Waals surface area contributed by atoms with Gasteiger partial charge in [0, 0.05) is 17.9 Å². The molecule has 0 amide bonds. The normalized spacial score (nSPS) is 47.5. The number of nitrogens with two attached hydrogens (primary N) is 1. The number of nitrogens with zero attached hydrogens (tertiary/aromatic N) is 2. The molecular formula is C28H36ClN3O4. The third-order valence-electron chi connectivity index (χ3n) is 10.9. The fourth-order valence-electron chi connectivity index (χ4n) is 9.12. The van der Waals surface area contributed by atoms with Crippen molar-refractivity contribution < 1.29 is 19.4 Å². The number of rotatable bonds is 2. The number of aliphatic hydroxyl groups excluding tert-OH is 2. The molecule has 2 spiro atoms. The first kappa shape index (κ1) is 23.5.